The van der Waals surface area contributed by atoms with E-state index >= 15 is 0 Å². The molecule has 1 aromatic heterocycles. The van der Waals surface area contributed by atoms with Gasteiger partial charge in [0.2, 0.25) is 5.91 Å². The number of alkyl halides is 2. The summed E-state index contributed by atoms with van der Waals surface area (Å²) in [6.07, 6.45) is 0.418. The molecule has 0 aliphatic rings. The summed E-state index contributed by atoms with van der Waals surface area (Å²) in [6, 6.07) is 19.1. The van der Waals surface area contributed by atoms with E-state index in [1.54, 1.807) is 36.4 Å². The first-order chi connectivity index (χ1) is 16.0. The van der Waals surface area contributed by atoms with Crippen LogP contribution in [0.5, 0.6) is 11.5 Å². The molecule has 8 heteroatoms. The normalized spacial score (nSPS) is 11.2. The van der Waals surface area contributed by atoms with Crippen molar-refractivity contribution in [3.8, 4) is 11.5 Å². The van der Waals surface area contributed by atoms with Gasteiger partial charge in [-0.1, -0.05) is 30.3 Å². The number of nitrogens with one attached hydrogen (secondary N) is 1. The monoisotopic (exact) mass is 452 g/mol. The number of hydrogen-bond acceptors (Lipinski definition) is 4. The van der Waals surface area contributed by atoms with Crippen LogP contribution in [0.3, 0.4) is 0 Å². The van der Waals surface area contributed by atoms with Gasteiger partial charge in [-0.15, -0.1) is 0 Å². The third-order valence-corrected chi connectivity index (χ3v) is 5.36. The van der Waals surface area contributed by atoms with Gasteiger partial charge in [0.25, 0.3) is 0 Å². The minimum atomic E-state index is -2.96. The topological polar surface area (TPSA) is 69.6 Å². The van der Waals surface area contributed by atoms with E-state index in [-0.39, 0.29) is 29.4 Å². The summed E-state index contributed by atoms with van der Waals surface area (Å²) < 4.78 is 36.6. The summed E-state index contributed by atoms with van der Waals surface area (Å²) in [5.41, 5.74) is 2.01. The second-order valence-electron chi connectivity index (χ2n) is 7.41. The number of hydrogen-bond donors (Lipinski definition) is 1. The summed E-state index contributed by atoms with van der Waals surface area (Å²) in [5.74, 6) is -0.0749. The third-order valence-electron chi connectivity index (χ3n) is 5.36. The lowest BCUT2D eigenvalue weighted by Crippen LogP contribution is -2.30. The molecular formula is C25H22F2N2O4. The number of para-hydroxylation sites is 2. The molecule has 0 radical (unpaired) electrons. The summed E-state index contributed by atoms with van der Waals surface area (Å²) in [6.45, 7) is -2.63. The zero-order valence-electron chi connectivity index (χ0n) is 17.9. The van der Waals surface area contributed by atoms with Gasteiger partial charge in [0, 0.05) is 17.3 Å². The Morgan fingerprint density at radius 1 is 0.970 bits per heavy atom. The molecule has 0 spiro atoms. The van der Waals surface area contributed by atoms with Crippen LogP contribution in [0, 0.1) is 0 Å². The standard InChI is InChI=1S/C25H22F2N2O4/c1-32-21-11-10-16(14-22(21)33-25(26)27)12-13-28-23(30)15-29-19-8-4-2-6-17(19)24(31)18-7-3-5-9-20(18)29/h2-11,14,25H,12-13,15H2,1H3,(H,28,30). The van der Waals surface area contributed by atoms with Gasteiger partial charge >= 0.3 is 6.61 Å². The highest BCUT2D eigenvalue weighted by Gasteiger charge is 2.14. The number of fused-ring (bicyclic) bond motifs is 2. The van der Waals surface area contributed by atoms with Gasteiger partial charge in [-0.2, -0.15) is 8.78 Å². The average Bonchev–Trinajstić information content (AvgIpc) is 2.81. The molecule has 1 amide bonds. The predicted octanol–water partition coefficient (Wildman–Crippen LogP) is 4.12. The van der Waals surface area contributed by atoms with E-state index in [0.717, 1.165) is 0 Å². The molecule has 33 heavy (non-hydrogen) atoms. The van der Waals surface area contributed by atoms with Crippen molar-refractivity contribution >= 4 is 27.7 Å². The SMILES string of the molecule is COc1ccc(CCNC(=O)Cn2c3ccccc3c(=O)c3ccccc32)cc1OC(F)F. The van der Waals surface area contributed by atoms with Crippen LogP contribution >= 0.6 is 0 Å². The van der Waals surface area contributed by atoms with Gasteiger partial charge in [0.1, 0.15) is 6.54 Å². The highest BCUT2D eigenvalue weighted by atomic mass is 19.3. The number of halogens is 2. The second-order valence-corrected chi connectivity index (χ2v) is 7.41. The van der Waals surface area contributed by atoms with Crippen molar-refractivity contribution in [1.29, 1.82) is 0 Å². The van der Waals surface area contributed by atoms with E-state index in [1.807, 2.05) is 28.8 Å². The Labute approximate surface area is 188 Å². The number of amides is 1. The Morgan fingerprint density at radius 3 is 2.21 bits per heavy atom. The molecule has 0 saturated heterocycles. The third kappa shape index (κ3) is 4.79. The molecule has 0 aliphatic heterocycles. The lowest BCUT2D eigenvalue weighted by atomic mass is 10.1. The molecule has 3 aromatic carbocycles. The van der Waals surface area contributed by atoms with E-state index < -0.39 is 6.61 Å². The largest absolute Gasteiger partial charge is 0.493 e. The van der Waals surface area contributed by atoms with Crippen LogP contribution < -0.4 is 20.2 Å². The first kappa shape index (κ1) is 22.3. The fourth-order valence-corrected chi connectivity index (χ4v) is 3.86. The van der Waals surface area contributed by atoms with Crippen molar-refractivity contribution in [1.82, 2.24) is 9.88 Å². The minimum Gasteiger partial charge on any atom is -0.493 e. The van der Waals surface area contributed by atoms with E-state index in [9.17, 15) is 18.4 Å². The van der Waals surface area contributed by atoms with Crippen molar-refractivity contribution in [3.63, 3.8) is 0 Å². The lowest BCUT2D eigenvalue weighted by molar-refractivity contribution is -0.121. The fourth-order valence-electron chi connectivity index (χ4n) is 3.86. The summed E-state index contributed by atoms with van der Waals surface area (Å²) in [5, 5.41) is 3.95. The van der Waals surface area contributed by atoms with Gasteiger partial charge in [-0.05, 0) is 48.4 Å². The lowest BCUT2D eigenvalue weighted by Gasteiger charge is -2.15. The first-order valence-corrected chi connectivity index (χ1v) is 10.4. The number of carbonyl (C=O) groups excluding carboxylic acids is 1. The minimum absolute atomic E-state index is 0.0314. The maximum Gasteiger partial charge on any atom is 0.387 e. The van der Waals surface area contributed by atoms with Crippen molar-refractivity contribution in [2.24, 2.45) is 0 Å². The smallest absolute Gasteiger partial charge is 0.387 e. The molecule has 1 N–H and O–H groups in total. The maximum absolute atomic E-state index is 12.8. The molecule has 0 fully saturated rings. The van der Waals surface area contributed by atoms with Crippen LogP contribution in [0.2, 0.25) is 0 Å². The Balaban J connectivity index is 1.50. The van der Waals surface area contributed by atoms with Gasteiger partial charge in [-0.3, -0.25) is 9.59 Å². The first-order valence-electron chi connectivity index (χ1n) is 10.4. The fraction of sp³-hybridized carbons (Fsp3) is 0.200. The number of methoxy groups -OCH3 is 1. The molecule has 170 valence electrons. The molecule has 0 aliphatic carbocycles. The van der Waals surface area contributed by atoms with E-state index in [0.29, 0.717) is 40.3 Å². The van der Waals surface area contributed by atoms with Crippen LogP contribution in [-0.2, 0) is 17.8 Å². The van der Waals surface area contributed by atoms with Gasteiger partial charge < -0.3 is 19.4 Å². The maximum atomic E-state index is 12.8. The van der Waals surface area contributed by atoms with E-state index in [2.05, 4.69) is 10.1 Å². The molecule has 0 saturated carbocycles. The van der Waals surface area contributed by atoms with Crippen molar-refractivity contribution in [3.05, 3.63) is 82.5 Å². The Hall–Kier alpha value is -3.94. The molecule has 1 heterocycles. The van der Waals surface area contributed by atoms with Crippen LogP contribution in [0.4, 0.5) is 8.78 Å². The molecule has 4 rings (SSSR count). The predicted molar refractivity (Wildman–Crippen MR) is 122 cm³/mol. The van der Waals surface area contributed by atoms with Crippen molar-refractivity contribution in [2.75, 3.05) is 13.7 Å². The molecule has 0 bridgehead atoms. The molecule has 6 nitrogen and oxygen atoms in total. The number of nitrogens with zero attached hydrogens (tertiary/aromatic N) is 1. The van der Waals surface area contributed by atoms with Crippen molar-refractivity contribution in [2.45, 2.75) is 19.6 Å². The summed E-state index contributed by atoms with van der Waals surface area (Å²) in [7, 11) is 1.37. The Kier molecular flexibility index (Phi) is 6.53. The van der Waals surface area contributed by atoms with E-state index in [1.165, 1.54) is 13.2 Å². The van der Waals surface area contributed by atoms with E-state index in [4.69, 9.17) is 4.74 Å². The van der Waals surface area contributed by atoms with Crippen LogP contribution in [0.25, 0.3) is 21.8 Å². The Bertz CT molecular complexity index is 1310. The highest BCUT2D eigenvalue weighted by molar-refractivity contribution is 5.94. The number of benzene rings is 3. The molecule has 0 atom stereocenters. The average molecular weight is 452 g/mol. The number of ether oxygens (including phenoxy) is 2. The quantitative estimate of drug-likeness (QED) is 0.409. The van der Waals surface area contributed by atoms with Gasteiger partial charge in [0.05, 0.1) is 18.1 Å². The molecule has 0 unspecified atom stereocenters. The summed E-state index contributed by atoms with van der Waals surface area (Å²) in [4.78, 5) is 25.5. The summed E-state index contributed by atoms with van der Waals surface area (Å²) >= 11 is 0. The zero-order valence-corrected chi connectivity index (χ0v) is 17.9. The second kappa shape index (κ2) is 9.68. The molecule has 4 aromatic rings. The Morgan fingerprint density at radius 2 is 1.61 bits per heavy atom. The number of aromatic nitrogens is 1. The number of pyridine rings is 1. The van der Waals surface area contributed by atoms with Crippen LogP contribution in [0.1, 0.15) is 5.56 Å². The van der Waals surface area contributed by atoms with Gasteiger partial charge in [0.15, 0.2) is 16.9 Å². The number of carbonyl (C=O) groups is 1. The van der Waals surface area contributed by atoms with Gasteiger partial charge in [-0.25, -0.2) is 0 Å². The molecular weight excluding hydrogens is 430 g/mol. The zero-order chi connectivity index (χ0) is 23.4. The highest BCUT2D eigenvalue weighted by Crippen LogP contribution is 2.29. The van der Waals surface area contributed by atoms with Crippen LogP contribution in [0.15, 0.2) is 71.5 Å². The number of rotatable bonds is 8. The van der Waals surface area contributed by atoms with Crippen LogP contribution in [-0.4, -0.2) is 30.7 Å². The van der Waals surface area contributed by atoms with Crippen molar-refractivity contribution < 1.29 is 23.0 Å².